The van der Waals surface area contributed by atoms with Gasteiger partial charge in [-0.15, -0.1) is 0 Å². The number of rotatable bonds is 4. The highest BCUT2D eigenvalue weighted by Gasteiger charge is 2.06. The molecule has 2 N–H and O–H groups in total. The van der Waals surface area contributed by atoms with Gasteiger partial charge in [-0.05, 0) is 36.4 Å². The number of hydrogen-bond acceptors (Lipinski definition) is 4. The molecule has 0 radical (unpaired) electrons. The highest BCUT2D eigenvalue weighted by atomic mass is 19.1. The van der Waals surface area contributed by atoms with Gasteiger partial charge in [0.15, 0.2) is 0 Å². The third-order valence-electron chi connectivity index (χ3n) is 3.09. The predicted octanol–water partition coefficient (Wildman–Crippen LogP) is 2.82. The minimum absolute atomic E-state index is 0.0540. The molecule has 0 atom stereocenters. The summed E-state index contributed by atoms with van der Waals surface area (Å²) in [7, 11) is 0. The Balaban J connectivity index is 1.66. The Labute approximate surface area is 126 Å². The van der Waals surface area contributed by atoms with Crippen LogP contribution in [0.5, 0.6) is 0 Å². The molecule has 0 bridgehead atoms. The second kappa shape index (κ2) is 6.17. The summed E-state index contributed by atoms with van der Waals surface area (Å²) in [4.78, 5) is 20.2. The number of benzene rings is 2. The third-order valence-corrected chi connectivity index (χ3v) is 3.09. The van der Waals surface area contributed by atoms with Crippen LogP contribution in [0, 0.1) is 5.82 Å². The molecule has 0 saturated carbocycles. The topological polar surface area (TPSA) is 66.9 Å². The molecule has 2 aromatic carbocycles. The van der Waals surface area contributed by atoms with Gasteiger partial charge in [0.05, 0.1) is 12.1 Å². The lowest BCUT2D eigenvalue weighted by atomic mass is 10.2. The molecule has 3 rings (SSSR count). The number of carbonyl (C=O) groups excluding carboxylic acids is 1. The Kier molecular flexibility index (Phi) is 3.91. The van der Waals surface area contributed by atoms with Crippen molar-refractivity contribution in [3.63, 3.8) is 0 Å². The van der Waals surface area contributed by atoms with Gasteiger partial charge in [-0.2, -0.15) is 0 Å². The maximum Gasteiger partial charge on any atom is 0.243 e. The van der Waals surface area contributed by atoms with Crippen LogP contribution in [0.3, 0.4) is 0 Å². The number of hydrogen-bond donors (Lipinski definition) is 2. The van der Waals surface area contributed by atoms with Crippen molar-refractivity contribution in [3.8, 4) is 0 Å². The molecule has 0 aliphatic rings. The van der Waals surface area contributed by atoms with Crippen molar-refractivity contribution in [1.29, 1.82) is 0 Å². The first-order valence-electron chi connectivity index (χ1n) is 6.71. The minimum atomic E-state index is -0.344. The van der Waals surface area contributed by atoms with Crippen LogP contribution >= 0.6 is 0 Å². The summed E-state index contributed by atoms with van der Waals surface area (Å²) in [6.45, 7) is 0.0540. The second-order valence-corrected chi connectivity index (χ2v) is 4.65. The van der Waals surface area contributed by atoms with Gasteiger partial charge in [0.1, 0.15) is 18.0 Å². The molecule has 5 nitrogen and oxygen atoms in total. The zero-order valence-electron chi connectivity index (χ0n) is 11.6. The van der Waals surface area contributed by atoms with Crippen molar-refractivity contribution in [2.45, 2.75) is 0 Å². The summed E-state index contributed by atoms with van der Waals surface area (Å²) in [6, 6.07) is 13.1. The lowest BCUT2D eigenvalue weighted by Gasteiger charge is -2.09. The van der Waals surface area contributed by atoms with Gasteiger partial charge in [0, 0.05) is 11.1 Å². The Morgan fingerprint density at radius 3 is 2.64 bits per heavy atom. The average molecular weight is 296 g/mol. The van der Waals surface area contributed by atoms with E-state index in [9.17, 15) is 9.18 Å². The van der Waals surface area contributed by atoms with E-state index in [1.165, 1.54) is 30.6 Å². The highest BCUT2D eigenvalue weighted by molar-refractivity contribution is 5.95. The van der Waals surface area contributed by atoms with Crippen LogP contribution in [0.15, 0.2) is 54.9 Å². The number of anilines is 2. The van der Waals surface area contributed by atoms with Crippen LogP contribution in [0.25, 0.3) is 10.9 Å². The Morgan fingerprint density at radius 2 is 1.82 bits per heavy atom. The van der Waals surface area contributed by atoms with E-state index in [2.05, 4.69) is 20.6 Å². The minimum Gasteiger partial charge on any atom is -0.360 e. The second-order valence-electron chi connectivity index (χ2n) is 4.65. The van der Waals surface area contributed by atoms with Crippen LogP contribution in [0.2, 0.25) is 0 Å². The van der Waals surface area contributed by atoms with E-state index in [-0.39, 0.29) is 18.3 Å². The van der Waals surface area contributed by atoms with Crippen molar-refractivity contribution in [2.24, 2.45) is 0 Å². The number of amides is 1. The molecule has 0 unspecified atom stereocenters. The first kappa shape index (κ1) is 13.9. The first-order chi connectivity index (χ1) is 10.7. The van der Waals surface area contributed by atoms with Gasteiger partial charge in [-0.1, -0.05) is 12.1 Å². The molecule has 0 fully saturated rings. The predicted molar refractivity (Wildman–Crippen MR) is 83.1 cm³/mol. The molecule has 3 aromatic rings. The molecule has 1 heterocycles. The number of nitrogens with zero attached hydrogens (tertiary/aromatic N) is 2. The lowest BCUT2D eigenvalue weighted by Crippen LogP contribution is -2.22. The lowest BCUT2D eigenvalue weighted by molar-refractivity contribution is -0.114. The van der Waals surface area contributed by atoms with Crippen molar-refractivity contribution in [2.75, 3.05) is 17.2 Å². The standard InChI is InChI=1S/C16H13FN4O/c17-11-5-7-12(8-6-11)21-15(22)9-18-16-13-3-1-2-4-14(13)19-10-20-16/h1-8,10H,9H2,(H,21,22)(H,18,19,20). The highest BCUT2D eigenvalue weighted by Crippen LogP contribution is 2.18. The molecule has 0 saturated heterocycles. The molecule has 1 amide bonds. The van der Waals surface area contributed by atoms with E-state index < -0.39 is 0 Å². The number of nitrogens with one attached hydrogen (secondary N) is 2. The van der Waals surface area contributed by atoms with Gasteiger partial charge in [-0.3, -0.25) is 4.79 Å². The van der Waals surface area contributed by atoms with E-state index in [1.807, 2.05) is 24.3 Å². The summed E-state index contributed by atoms with van der Waals surface area (Å²) >= 11 is 0. The average Bonchev–Trinajstić information content (AvgIpc) is 2.55. The molecule has 0 aliphatic carbocycles. The summed E-state index contributed by atoms with van der Waals surface area (Å²) in [6.07, 6.45) is 1.45. The zero-order valence-corrected chi connectivity index (χ0v) is 11.6. The molecular formula is C16H13FN4O. The van der Waals surface area contributed by atoms with Crippen LogP contribution in [-0.4, -0.2) is 22.4 Å². The van der Waals surface area contributed by atoms with Gasteiger partial charge >= 0.3 is 0 Å². The van der Waals surface area contributed by atoms with Crippen LogP contribution in [0.1, 0.15) is 0 Å². The van der Waals surface area contributed by atoms with E-state index in [0.717, 1.165) is 10.9 Å². The Morgan fingerprint density at radius 1 is 1.05 bits per heavy atom. The van der Waals surface area contributed by atoms with Crippen LogP contribution in [0.4, 0.5) is 15.9 Å². The number of halogens is 1. The van der Waals surface area contributed by atoms with Gasteiger partial charge < -0.3 is 10.6 Å². The zero-order chi connectivity index (χ0) is 15.4. The fourth-order valence-electron chi connectivity index (χ4n) is 2.05. The monoisotopic (exact) mass is 296 g/mol. The summed E-state index contributed by atoms with van der Waals surface area (Å²) < 4.78 is 12.8. The molecule has 110 valence electrons. The summed E-state index contributed by atoms with van der Waals surface area (Å²) in [5.41, 5.74) is 1.35. The van der Waals surface area contributed by atoms with Crippen molar-refractivity contribution in [1.82, 2.24) is 9.97 Å². The normalized spacial score (nSPS) is 10.4. The third kappa shape index (κ3) is 3.17. The van der Waals surface area contributed by atoms with E-state index in [1.54, 1.807) is 0 Å². The molecule has 1 aromatic heterocycles. The molecule has 6 heteroatoms. The summed E-state index contributed by atoms with van der Waals surface area (Å²) in [5, 5.41) is 6.50. The number of para-hydroxylation sites is 1. The van der Waals surface area contributed by atoms with Gasteiger partial charge in [0.2, 0.25) is 5.91 Å². The maximum atomic E-state index is 12.8. The Hall–Kier alpha value is -3.02. The number of carbonyl (C=O) groups is 1. The van der Waals surface area contributed by atoms with Crippen molar-refractivity contribution < 1.29 is 9.18 Å². The van der Waals surface area contributed by atoms with Gasteiger partial charge in [0.25, 0.3) is 0 Å². The molecule has 22 heavy (non-hydrogen) atoms. The summed E-state index contributed by atoms with van der Waals surface area (Å²) in [5.74, 6) is 0.0118. The maximum absolute atomic E-state index is 12.8. The van der Waals surface area contributed by atoms with Gasteiger partial charge in [-0.25, -0.2) is 14.4 Å². The fraction of sp³-hybridized carbons (Fsp3) is 0.0625. The molecular weight excluding hydrogens is 283 g/mol. The molecule has 0 spiro atoms. The van der Waals surface area contributed by atoms with E-state index in [4.69, 9.17) is 0 Å². The van der Waals surface area contributed by atoms with Crippen molar-refractivity contribution >= 4 is 28.3 Å². The Bertz CT molecular complexity index is 799. The largest absolute Gasteiger partial charge is 0.360 e. The first-order valence-corrected chi connectivity index (χ1v) is 6.71. The van der Waals surface area contributed by atoms with E-state index >= 15 is 0 Å². The molecule has 0 aliphatic heterocycles. The van der Waals surface area contributed by atoms with Crippen molar-refractivity contribution in [3.05, 3.63) is 60.7 Å². The smallest absolute Gasteiger partial charge is 0.243 e. The van der Waals surface area contributed by atoms with E-state index in [0.29, 0.717) is 11.5 Å². The SMILES string of the molecule is O=C(CNc1ncnc2ccccc12)Nc1ccc(F)cc1. The quantitative estimate of drug-likeness (QED) is 0.777. The van der Waals surface area contributed by atoms with Crippen LogP contribution < -0.4 is 10.6 Å². The number of fused-ring (bicyclic) bond motifs is 1. The number of aromatic nitrogens is 2. The fourth-order valence-corrected chi connectivity index (χ4v) is 2.05. The van der Waals surface area contributed by atoms with Crippen LogP contribution in [-0.2, 0) is 4.79 Å².